The van der Waals surface area contributed by atoms with Crippen LogP contribution in [-0.4, -0.2) is 10.8 Å². The van der Waals surface area contributed by atoms with Crippen LogP contribution in [0.5, 0.6) is 0 Å². The summed E-state index contributed by atoms with van der Waals surface area (Å²) in [6, 6.07) is 3.51. The average molecular weight is 147 g/mol. The van der Waals surface area contributed by atoms with Crippen LogP contribution in [0.2, 0.25) is 0 Å². The van der Waals surface area contributed by atoms with Crippen LogP contribution >= 0.6 is 0 Å². The first-order valence-electron chi connectivity index (χ1n) is 3.33. The number of nitrogens with zero attached hydrogens (tertiary/aromatic N) is 1. The second-order valence-corrected chi connectivity index (χ2v) is 2.23. The Bertz CT molecular complexity index is 274. The Morgan fingerprint density at radius 2 is 2.36 bits per heavy atom. The van der Waals surface area contributed by atoms with E-state index in [2.05, 4.69) is 11.6 Å². The molecule has 0 atom stereocenters. The minimum absolute atomic E-state index is 0.0353. The minimum atomic E-state index is 0.0353. The van der Waals surface area contributed by atoms with Gasteiger partial charge in [0, 0.05) is 11.8 Å². The molecule has 0 spiro atoms. The predicted molar refractivity (Wildman–Crippen MR) is 44.3 cm³/mol. The summed E-state index contributed by atoms with van der Waals surface area (Å²) < 4.78 is 0. The van der Waals surface area contributed by atoms with Crippen LogP contribution in [0, 0.1) is 0 Å². The van der Waals surface area contributed by atoms with Crippen LogP contribution in [-0.2, 0) is 0 Å². The zero-order valence-corrected chi connectivity index (χ0v) is 6.37. The zero-order valence-electron chi connectivity index (χ0n) is 6.37. The quantitative estimate of drug-likeness (QED) is 0.598. The van der Waals surface area contributed by atoms with Crippen LogP contribution in [0.3, 0.4) is 0 Å². The molecule has 2 nitrogen and oxygen atoms in total. The molecule has 1 heterocycles. The van der Waals surface area contributed by atoms with Crippen molar-refractivity contribution < 1.29 is 4.79 Å². The Hall–Kier alpha value is -1.44. The van der Waals surface area contributed by atoms with E-state index >= 15 is 0 Å². The van der Waals surface area contributed by atoms with Crippen molar-refractivity contribution >= 4 is 11.9 Å². The third-order valence-electron chi connectivity index (χ3n) is 1.40. The highest BCUT2D eigenvalue weighted by Crippen LogP contribution is 2.01. The van der Waals surface area contributed by atoms with Crippen molar-refractivity contribution in [2.24, 2.45) is 0 Å². The smallest absolute Gasteiger partial charge is 0.161 e. The standard InChI is InChI=1S/C9H9NO/c1-3-9-5-4-8(6-10-9)7(2)11/h3-6H,1H2,2H3. The van der Waals surface area contributed by atoms with Gasteiger partial charge in [-0.25, -0.2) is 0 Å². The molecule has 1 aromatic heterocycles. The highest BCUT2D eigenvalue weighted by molar-refractivity contribution is 5.93. The van der Waals surface area contributed by atoms with Gasteiger partial charge in [-0.2, -0.15) is 0 Å². The summed E-state index contributed by atoms with van der Waals surface area (Å²) in [4.78, 5) is 14.8. The predicted octanol–water partition coefficient (Wildman–Crippen LogP) is 1.93. The molecule has 0 aliphatic carbocycles. The van der Waals surface area contributed by atoms with Gasteiger partial charge in [-0.3, -0.25) is 9.78 Å². The van der Waals surface area contributed by atoms with Crippen molar-refractivity contribution in [1.29, 1.82) is 0 Å². The molecule has 11 heavy (non-hydrogen) atoms. The number of carbonyl (C=O) groups excluding carboxylic acids is 1. The van der Waals surface area contributed by atoms with E-state index in [1.54, 1.807) is 24.4 Å². The average Bonchev–Trinajstić information content (AvgIpc) is 2.05. The topological polar surface area (TPSA) is 30.0 Å². The number of rotatable bonds is 2. The highest BCUT2D eigenvalue weighted by Gasteiger charge is 1.96. The summed E-state index contributed by atoms with van der Waals surface area (Å²) in [5.74, 6) is 0.0353. The molecule has 0 radical (unpaired) electrons. The molecule has 0 amide bonds. The molecule has 0 unspecified atom stereocenters. The molecule has 0 aromatic carbocycles. The lowest BCUT2D eigenvalue weighted by atomic mass is 10.2. The molecule has 0 saturated carbocycles. The van der Waals surface area contributed by atoms with Crippen molar-refractivity contribution in [3.63, 3.8) is 0 Å². The van der Waals surface area contributed by atoms with Gasteiger partial charge in [0.1, 0.15) is 0 Å². The van der Waals surface area contributed by atoms with E-state index in [-0.39, 0.29) is 5.78 Å². The number of Topliss-reactive ketones (excluding diaryl/α,β-unsaturated/α-hetero) is 1. The lowest BCUT2D eigenvalue weighted by molar-refractivity contribution is 0.101. The lowest BCUT2D eigenvalue weighted by Gasteiger charge is -1.94. The van der Waals surface area contributed by atoms with Gasteiger partial charge in [0.05, 0.1) is 5.69 Å². The number of aromatic nitrogens is 1. The molecule has 0 aliphatic heterocycles. The van der Waals surface area contributed by atoms with Crippen molar-refractivity contribution in [3.8, 4) is 0 Å². The number of hydrogen-bond acceptors (Lipinski definition) is 2. The second-order valence-electron chi connectivity index (χ2n) is 2.23. The first-order valence-corrected chi connectivity index (χ1v) is 3.33. The van der Waals surface area contributed by atoms with Gasteiger partial charge in [0.25, 0.3) is 0 Å². The second kappa shape index (κ2) is 3.10. The Morgan fingerprint density at radius 3 is 2.73 bits per heavy atom. The Kier molecular flexibility index (Phi) is 2.16. The largest absolute Gasteiger partial charge is 0.294 e. The van der Waals surface area contributed by atoms with Crippen molar-refractivity contribution in [3.05, 3.63) is 36.2 Å². The highest BCUT2D eigenvalue weighted by atomic mass is 16.1. The van der Waals surface area contributed by atoms with E-state index in [4.69, 9.17) is 0 Å². The Labute approximate surface area is 65.6 Å². The normalized spacial score (nSPS) is 9.18. The maximum absolute atomic E-state index is 10.8. The summed E-state index contributed by atoms with van der Waals surface area (Å²) in [7, 11) is 0. The lowest BCUT2D eigenvalue weighted by Crippen LogP contribution is -1.92. The van der Waals surface area contributed by atoms with Gasteiger partial charge in [-0.1, -0.05) is 6.58 Å². The van der Waals surface area contributed by atoms with E-state index in [9.17, 15) is 4.79 Å². The molecule has 0 fully saturated rings. The number of ketones is 1. The van der Waals surface area contributed by atoms with Crippen LogP contribution in [0.1, 0.15) is 23.0 Å². The Balaban J connectivity index is 3.00. The Morgan fingerprint density at radius 1 is 1.64 bits per heavy atom. The monoisotopic (exact) mass is 147 g/mol. The summed E-state index contributed by atoms with van der Waals surface area (Å²) in [6.07, 6.45) is 3.20. The number of pyridine rings is 1. The van der Waals surface area contributed by atoms with E-state index in [0.29, 0.717) is 5.56 Å². The van der Waals surface area contributed by atoms with Crippen LogP contribution < -0.4 is 0 Å². The van der Waals surface area contributed by atoms with Gasteiger partial charge in [0.2, 0.25) is 0 Å². The van der Waals surface area contributed by atoms with E-state index < -0.39 is 0 Å². The fourth-order valence-electron chi connectivity index (χ4n) is 0.734. The molecule has 2 heteroatoms. The third-order valence-corrected chi connectivity index (χ3v) is 1.40. The molecule has 0 bridgehead atoms. The third kappa shape index (κ3) is 1.74. The van der Waals surface area contributed by atoms with E-state index in [1.165, 1.54) is 6.92 Å². The maximum Gasteiger partial charge on any atom is 0.161 e. The fourth-order valence-corrected chi connectivity index (χ4v) is 0.734. The van der Waals surface area contributed by atoms with E-state index in [0.717, 1.165) is 5.69 Å². The van der Waals surface area contributed by atoms with Crippen molar-refractivity contribution in [2.75, 3.05) is 0 Å². The molecular formula is C9H9NO. The number of hydrogen-bond donors (Lipinski definition) is 0. The number of carbonyl (C=O) groups is 1. The SMILES string of the molecule is C=Cc1ccc(C(C)=O)cn1. The van der Waals surface area contributed by atoms with Crippen LogP contribution in [0.25, 0.3) is 6.08 Å². The van der Waals surface area contributed by atoms with Gasteiger partial charge >= 0.3 is 0 Å². The van der Waals surface area contributed by atoms with Gasteiger partial charge in [-0.15, -0.1) is 0 Å². The summed E-state index contributed by atoms with van der Waals surface area (Å²) >= 11 is 0. The van der Waals surface area contributed by atoms with Crippen molar-refractivity contribution in [2.45, 2.75) is 6.92 Å². The van der Waals surface area contributed by atoms with E-state index in [1.807, 2.05) is 0 Å². The van der Waals surface area contributed by atoms with Gasteiger partial charge in [-0.05, 0) is 25.1 Å². The molecule has 1 aromatic rings. The first kappa shape index (κ1) is 7.66. The van der Waals surface area contributed by atoms with Crippen LogP contribution in [0.15, 0.2) is 24.9 Å². The molecule has 0 saturated heterocycles. The zero-order chi connectivity index (χ0) is 8.27. The molecular weight excluding hydrogens is 138 g/mol. The molecule has 1 rings (SSSR count). The first-order chi connectivity index (χ1) is 5.24. The minimum Gasteiger partial charge on any atom is -0.294 e. The fraction of sp³-hybridized carbons (Fsp3) is 0.111. The van der Waals surface area contributed by atoms with Crippen LogP contribution in [0.4, 0.5) is 0 Å². The molecule has 56 valence electrons. The van der Waals surface area contributed by atoms with Gasteiger partial charge in [0.15, 0.2) is 5.78 Å². The molecule has 0 N–H and O–H groups in total. The van der Waals surface area contributed by atoms with Crippen molar-refractivity contribution in [1.82, 2.24) is 4.98 Å². The maximum atomic E-state index is 10.8. The summed E-state index contributed by atoms with van der Waals surface area (Å²) in [6.45, 7) is 5.08. The molecule has 0 aliphatic rings. The van der Waals surface area contributed by atoms with Gasteiger partial charge < -0.3 is 0 Å². The summed E-state index contributed by atoms with van der Waals surface area (Å²) in [5, 5.41) is 0. The summed E-state index contributed by atoms with van der Waals surface area (Å²) in [5.41, 5.74) is 1.42.